The van der Waals surface area contributed by atoms with E-state index in [2.05, 4.69) is 0 Å². The Morgan fingerprint density at radius 1 is 1.29 bits per heavy atom. The molecule has 0 aromatic heterocycles. The molecule has 0 aliphatic carbocycles. The van der Waals surface area contributed by atoms with Crippen LogP contribution in [0.1, 0.15) is 34.6 Å². The Bertz CT molecular complexity index is 406. The van der Waals surface area contributed by atoms with Crippen molar-refractivity contribution >= 4 is 15.9 Å². The molecule has 1 fully saturated rings. The molecule has 1 amide bonds. The number of hydrogen-bond acceptors (Lipinski definition) is 4. The normalized spacial score (nSPS) is 23.2. The average Bonchev–Trinajstić information content (AvgIpc) is 1.94. The molecular weight excluding hydrogens is 242 g/mol. The van der Waals surface area contributed by atoms with Crippen molar-refractivity contribution in [3.05, 3.63) is 0 Å². The van der Waals surface area contributed by atoms with Crippen molar-refractivity contribution in [1.29, 1.82) is 0 Å². The van der Waals surface area contributed by atoms with Gasteiger partial charge in [-0.1, -0.05) is 0 Å². The highest BCUT2D eigenvalue weighted by Crippen LogP contribution is 2.24. The van der Waals surface area contributed by atoms with Crippen LogP contribution in [0.15, 0.2) is 0 Å². The van der Waals surface area contributed by atoms with Gasteiger partial charge in [-0.05, 0) is 34.6 Å². The minimum absolute atomic E-state index is 0.00960. The van der Waals surface area contributed by atoms with Gasteiger partial charge >= 0.3 is 6.09 Å². The zero-order valence-electron chi connectivity index (χ0n) is 11.1. The lowest BCUT2D eigenvalue weighted by Crippen LogP contribution is -2.58. The van der Waals surface area contributed by atoms with Gasteiger partial charge in [-0.3, -0.25) is 0 Å². The second-order valence-corrected chi connectivity index (χ2v) is 8.22. The van der Waals surface area contributed by atoms with Crippen molar-refractivity contribution in [2.24, 2.45) is 0 Å². The molecule has 100 valence electrons. The molecule has 0 bridgehead atoms. The molecule has 6 heteroatoms. The molecule has 1 heterocycles. The van der Waals surface area contributed by atoms with Crippen LogP contribution in [0.2, 0.25) is 0 Å². The van der Waals surface area contributed by atoms with Gasteiger partial charge in [-0.15, -0.1) is 0 Å². The second-order valence-electron chi connectivity index (χ2n) is 6.04. The lowest BCUT2D eigenvalue weighted by atomic mass is 10.1. The largest absolute Gasteiger partial charge is 0.444 e. The highest BCUT2D eigenvalue weighted by atomic mass is 32.2. The molecule has 0 aromatic carbocycles. The number of sulfone groups is 1. The summed E-state index contributed by atoms with van der Waals surface area (Å²) in [5.41, 5.74) is -1.27. The second kappa shape index (κ2) is 4.15. The lowest BCUT2D eigenvalue weighted by molar-refractivity contribution is 0.00724. The number of rotatable bonds is 0. The topological polar surface area (TPSA) is 63.7 Å². The van der Waals surface area contributed by atoms with E-state index in [9.17, 15) is 13.2 Å². The molecule has 1 saturated heterocycles. The molecule has 17 heavy (non-hydrogen) atoms. The van der Waals surface area contributed by atoms with Crippen LogP contribution in [0, 0.1) is 0 Å². The third-order valence-corrected chi connectivity index (χ3v) is 4.49. The van der Waals surface area contributed by atoms with Gasteiger partial charge in [0.2, 0.25) is 0 Å². The van der Waals surface area contributed by atoms with Crippen LogP contribution in [0.5, 0.6) is 0 Å². The first kappa shape index (κ1) is 14.3. The number of carbonyl (C=O) groups is 1. The molecule has 1 aliphatic heterocycles. The van der Waals surface area contributed by atoms with Crippen LogP contribution in [-0.4, -0.2) is 48.6 Å². The number of ether oxygens (including phenoxy) is 1. The molecule has 0 atom stereocenters. The number of amides is 1. The van der Waals surface area contributed by atoms with Crippen LogP contribution in [0.25, 0.3) is 0 Å². The summed E-state index contributed by atoms with van der Waals surface area (Å²) in [4.78, 5) is 13.4. The van der Waals surface area contributed by atoms with Gasteiger partial charge in [0.15, 0.2) is 9.84 Å². The predicted molar refractivity (Wildman–Crippen MR) is 65.7 cm³/mol. The minimum Gasteiger partial charge on any atom is -0.444 e. The Kier molecular flexibility index (Phi) is 3.49. The van der Waals surface area contributed by atoms with Gasteiger partial charge < -0.3 is 9.64 Å². The van der Waals surface area contributed by atoms with Crippen molar-refractivity contribution in [2.75, 3.05) is 18.1 Å². The first-order chi connectivity index (χ1) is 7.43. The summed E-state index contributed by atoms with van der Waals surface area (Å²) in [6.07, 6.45) is -0.447. The third-order valence-electron chi connectivity index (χ3n) is 2.54. The Balaban J connectivity index is 2.83. The van der Waals surface area contributed by atoms with Crippen LogP contribution < -0.4 is 0 Å². The van der Waals surface area contributed by atoms with Crippen molar-refractivity contribution in [2.45, 2.75) is 45.8 Å². The van der Waals surface area contributed by atoms with E-state index in [1.54, 1.807) is 34.6 Å². The Morgan fingerprint density at radius 3 is 2.24 bits per heavy atom. The summed E-state index contributed by atoms with van der Waals surface area (Å²) >= 11 is 0. The van der Waals surface area contributed by atoms with Gasteiger partial charge in [0.05, 0.1) is 17.0 Å². The van der Waals surface area contributed by atoms with Gasteiger partial charge in [-0.25, -0.2) is 13.2 Å². The number of hydrogen-bond donors (Lipinski definition) is 0. The first-order valence-corrected chi connectivity index (χ1v) is 7.46. The third kappa shape index (κ3) is 3.87. The van der Waals surface area contributed by atoms with Gasteiger partial charge in [0.1, 0.15) is 5.60 Å². The van der Waals surface area contributed by atoms with E-state index in [1.165, 1.54) is 4.90 Å². The fraction of sp³-hybridized carbons (Fsp3) is 0.909. The van der Waals surface area contributed by atoms with Crippen LogP contribution >= 0.6 is 0 Å². The Labute approximate surface area is 103 Å². The van der Waals surface area contributed by atoms with E-state index in [0.717, 1.165) is 0 Å². The molecule has 0 aromatic rings. The van der Waals surface area contributed by atoms with Gasteiger partial charge in [-0.2, -0.15) is 0 Å². The van der Waals surface area contributed by atoms with Crippen molar-refractivity contribution in [3.63, 3.8) is 0 Å². The zero-order valence-corrected chi connectivity index (χ0v) is 11.9. The van der Waals surface area contributed by atoms with Crippen LogP contribution in [0.4, 0.5) is 4.79 Å². The summed E-state index contributed by atoms with van der Waals surface area (Å²) < 4.78 is 28.4. The standard InChI is InChI=1S/C11H21NO4S/c1-10(2,3)16-9(13)12-6-7-17(14,15)8-11(12,4)5/h6-8H2,1-5H3. The maximum Gasteiger partial charge on any atom is 0.410 e. The average molecular weight is 263 g/mol. The van der Waals surface area contributed by atoms with Crippen LogP contribution in [-0.2, 0) is 14.6 Å². The van der Waals surface area contributed by atoms with E-state index in [0.29, 0.717) is 0 Å². The fourth-order valence-electron chi connectivity index (χ4n) is 1.88. The molecule has 5 nitrogen and oxygen atoms in total. The molecule has 1 aliphatic rings. The summed E-state index contributed by atoms with van der Waals surface area (Å²) in [5, 5.41) is 0. The maximum atomic E-state index is 11.9. The monoisotopic (exact) mass is 263 g/mol. The highest BCUT2D eigenvalue weighted by Gasteiger charge is 2.41. The zero-order chi connectivity index (χ0) is 13.5. The van der Waals surface area contributed by atoms with E-state index >= 15 is 0 Å². The molecule has 0 radical (unpaired) electrons. The van der Waals surface area contributed by atoms with Crippen molar-refractivity contribution < 1.29 is 17.9 Å². The van der Waals surface area contributed by atoms with Gasteiger partial charge in [0.25, 0.3) is 0 Å². The highest BCUT2D eigenvalue weighted by molar-refractivity contribution is 7.91. The quantitative estimate of drug-likeness (QED) is 0.663. The van der Waals surface area contributed by atoms with E-state index in [1.807, 2.05) is 0 Å². The fourth-order valence-corrected chi connectivity index (χ4v) is 3.71. The first-order valence-electron chi connectivity index (χ1n) is 5.64. The van der Waals surface area contributed by atoms with Crippen molar-refractivity contribution in [3.8, 4) is 0 Å². The van der Waals surface area contributed by atoms with Gasteiger partial charge in [0, 0.05) is 6.54 Å². The lowest BCUT2D eigenvalue weighted by Gasteiger charge is -2.42. The minimum atomic E-state index is -3.05. The molecule has 0 spiro atoms. The maximum absolute atomic E-state index is 11.9. The molecule has 1 rings (SSSR count). The van der Waals surface area contributed by atoms with E-state index in [4.69, 9.17) is 4.74 Å². The Morgan fingerprint density at radius 2 is 1.82 bits per heavy atom. The molecule has 0 saturated carbocycles. The van der Waals surface area contributed by atoms with Crippen molar-refractivity contribution in [1.82, 2.24) is 4.90 Å². The van der Waals surface area contributed by atoms with E-state index in [-0.39, 0.29) is 18.1 Å². The summed E-state index contributed by atoms with van der Waals surface area (Å²) in [6, 6.07) is 0. The van der Waals surface area contributed by atoms with E-state index < -0.39 is 27.1 Å². The predicted octanol–water partition coefficient (Wildman–Crippen LogP) is 1.43. The number of carbonyl (C=O) groups excluding carboxylic acids is 1. The molecule has 0 N–H and O–H groups in total. The summed E-state index contributed by atoms with van der Waals surface area (Å²) in [5.74, 6) is -0.00504. The number of nitrogens with zero attached hydrogens (tertiary/aromatic N) is 1. The summed E-state index contributed by atoms with van der Waals surface area (Å²) in [6.45, 7) is 9.06. The SMILES string of the molecule is CC(C)(C)OC(=O)N1CCS(=O)(=O)CC1(C)C. The Hall–Kier alpha value is -0.780. The molecule has 0 unspecified atom stereocenters. The molecular formula is C11H21NO4S. The van der Waals surface area contributed by atoms with Crippen LogP contribution in [0.3, 0.4) is 0 Å². The summed E-state index contributed by atoms with van der Waals surface area (Å²) in [7, 11) is -3.05. The smallest absolute Gasteiger partial charge is 0.410 e.